The topological polar surface area (TPSA) is 40.7 Å². The van der Waals surface area contributed by atoms with Crippen LogP contribution >= 0.6 is 0 Å². The molecular formula is C16H13F2N3. The lowest BCUT2D eigenvalue weighted by Gasteiger charge is -2.08. The predicted molar refractivity (Wildman–Crippen MR) is 77.7 cm³/mol. The molecule has 2 aromatic carbocycles. The number of imidazole rings is 1. The van der Waals surface area contributed by atoms with E-state index in [-0.39, 0.29) is 0 Å². The molecule has 1 aromatic heterocycles. The third kappa shape index (κ3) is 3.25. The maximum absolute atomic E-state index is 13.1. The maximum Gasteiger partial charge on any atom is 0.126 e. The number of benzene rings is 2. The minimum absolute atomic E-state index is 0.359. The van der Waals surface area contributed by atoms with Gasteiger partial charge in [-0.3, -0.25) is 0 Å². The van der Waals surface area contributed by atoms with Gasteiger partial charge in [-0.1, -0.05) is 12.1 Å². The standard InChI is InChI=1S/C16H13F2N3/c17-13-5-11(6-14(18)7-13)8-20-15-3-1-12(2-4-15)16-9-19-10-21-16/h1-7,9-10,20H,8H2,(H,19,21). The van der Waals surface area contributed by atoms with E-state index >= 15 is 0 Å². The molecule has 2 N–H and O–H groups in total. The largest absolute Gasteiger partial charge is 0.381 e. The lowest BCUT2D eigenvalue weighted by molar-refractivity contribution is 0.580. The summed E-state index contributed by atoms with van der Waals surface area (Å²) in [7, 11) is 0. The summed E-state index contributed by atoms with van der Waals surface area (Å²) in [5.41, 5.74) is 3.40. The van der Waals surface area contributed by atoms with Gasteiger partial charge in [-0.2, -0.15) is 0 Å². The highest BCUT2D eigenvalue weighted by molar-refractivity contribution is 5.61. The minimum Gasteiger partial charge on any atom is -0.381 e. The molecule has 0 spiro atoms. The van der Waals surface area contributed by atoms with Crippen LogP contribution in [-0.2, 0) is 6.54 Å². The van der Waals surface area contributed by atoms with Crippen molar-refractivity contribution in [3.05, 3.63) is 72.2 Å². The third-order valence-corrected chi connectivity index (χ3v) is 3.11. The monoisotopic (exact) mass is 285 g/mol. The van der Waals surface area contributed by atoms with Gasteiger partial charge in [0.1, 0.15) is 11.6 Å². The number of halogens is 2. The molecular weight excluding hydrogens is 272 g/mol. The van der Waals surface area contributed by atoms with Crippen LogP contribution < -0.4 is 5.32 Å². The van der Waals surface area contributed by atoms with Crippen molar-refractivity contribution in [3.63, 3.8) is 0 Å². The molecule has 0 aliphatic carbocycles. The maximum atomic E-state index is 13.1. The Balaban J connectivity index is 1.68. The minimum atomic E-state index is -0.568. The van der Waals surface area contributed by atoms with E-state index in [9.17, 15) is 8.78 Å². The fourth-order valence-corrected chi connectivity index (χ4v) is 2.10. The fraction of sp³-hybridized carbons (Fsp3) is 0.0625. The van der Waals surface area contributed by atoms with Crippen LogP contribution in [0.25, 0.3) is 11.3 Å². The summed E-state index contributed by atoms with van der Waals surface area (Å²) in [6, 6.07) is 11.2. The Bertz CT molecular complexity index is 702. The molecule has 21 heavy (non-hydrogen) atoms. The summed E-state index contributed by atoms with van der Waals surface area (Å²) >= 11 is 0. The van der Waals surface area contributed by atoms with Gasteiger partial charge in [-0.25, -0.2) is 13.8 Å². The van der Waals surface area contributed by atoms with Crippen LogP contribution in [0.15, 0.2) is 55.0 Å². The number of H-pyrrole nitrogens is 1. The Kier molecular flexibility index (Phi) is 3.64. The first-order valence-corrected chi connectivity index (χ1v) is 6.48. The second kappa shape index (κ2) is 5.75. The van der Waals surface area contributed by atoms with Gasteiger partial charge in [0.2, 0.25) is 0 Å². The molecule has 0 atom stereocenters. The van der Waals surface area contributed by atoms with Gasteiger partial charge in [0.25, 0.3) is 0 Å². The zero-order valence-electron chi connectivity index (χ0n) is 11.1. The number of aromatic nitrogens is 2. The van der Waals surface area contributed by atoms with Gasteiger partial charge in [-0.15, -0.1) is 0 Å². The average Bonchev–Trinajstić information content (AvgIpc) is 2.99. The highest BCUT2D eigenvalue weighted by atomic mass is 19.1. The van der Waals surface area contributed by atoms with Crippen molar-refractivity contribution in [3.8, 4) is 11.3 Å². The van der Waals surface area contributed by atoms with E-state index in [4.69, 9.17) is 0 Å². The van der Waals surface area contributed by atoms with Gasteiger partial charge in [-0.05, 0) is 35.4 Å². The van der Waals surface area contributed by atoms with Crippen LogP contribution in [0.4, 0.5) is 14.5 Å². The Hall–Kier alpha value is -2.69. The zero-order valence-corrected chi connectivity index (χ0v) is 11.1. The van der Waals surface area contributed by atoms with Crippen molar-refractivity contribution in [2.45, 2.75) is 6.54 Å². The van der Waals surface area contributed by atoms with E-state index in [1.165, 1.54) is 12.1 Å². The van der Waals surface area contributed by atoms with Crippen molar-refractivity contribution in [2.75, 3.05) is 5.32 Å². The normalized spacial score (nSPS) is 10.6. The first kappa shape index (κ1) is 13.3. The van der Waals surface area contributed by atoms with Crippen molar-refractivity contribution < 1.29 is 8.78 Å². The van der Waals surface area contributed by atoms with E-state index in [0.717, 1.165) is 23.0 Å². The molecule has 0 aliphatic heterocycles. The predicted octanol–water partition coefficient (Wildman–Crippen LogP) is 3.97. The van der Waals surface area contributed by atoms with Crippen LogP contribution in [0.3, 0.4) is 0 Å². The molecule has 0 aliphatic rings. The summed E-state index contributed by atoms with van der Waals surface area (Å²) in [5.74, 6) is -1.14. The molecule has 0 amide bonds. The zero-order chi connectivity index (χ0) is 14.7. The molecule has 1 heterocycles. The summed E-state index contributed by atoms with van der Waals surface area (Å²) in [5, 5.41) is 3.13. The van der Waals surface area contributed by atoms with Crippen LogP contribution in [0.2, 0.25) is 0 Å². The van der Waals surface area contributed by atoms with Crippen LogP contribution in [0.1, 0.15) is 5.56 Å². The summed E-state index contributed by atoms with van der Waals surface area (Å²) in [6.45, 7) is 0.359. The van der Waals surface area contributed by atoms with Crippen LogP contribution in [-0.4, -0.2) is 9.97 Å². The van der Waals surface area contributed by atoms with E-state index in [0.29, 0.717) is 12.1 Å². The molecule has 0 unspecified atom stereocenters. The van der Waals surface area contributed by atoms with Gasteiger partial charge in [0.15, 0.2) is 0 Å². The average molecular weight is 285 g/mol. The molecule has 3 nitrogen and oxygen atoms in total. The lowest BCUT2D eigenvalue weighted by Crippen LogP contribution is -2.00. The molecule has 3 aromatic rings. The molecule has 0 radical (unpaired) electrons. The summed E-state index contributed by atoms with van der Waals surface area (Å²) in [4.78, 5) is 7.00. The molecule has 5 heteroatoms. The number of hydrogen-bond acceptors (Lipinski definition) is 2. The highest BCUT2D eigenvalue weighted by Crippen LogP contribution is 2.19. The smallest absolute Gasteiger partial charge is 0.126 e. The number of anilines is 1. The van der Waals surface area contributed by atoms with Crippen LogP contribution in [0.5, 0.6) is 0 Å². The molecule has 106 valence electrons. The van der Waals surface area contributed by atoms with E-state index in [2.05, 4.69) is 15.3 Å². The Morgan fingerprint density at radius 1 is 1.00 bits per heavy atom. The lowest BCUT2D eigenvalue weighted by atomic mass is 10.1. The highest BCUT2D eigenvalue weighted by Gasteiger charge is 2.02. The number of hydrogen-bond donors (Lipinski definition) is 2. The van der Waals surface area contributed by atoms with E-state index in [1.807, 2.05) is 24.3 Å². The molecule has 0 saturated heterocycles. The van der Waals surface area contributed by atoms with Gasteiger partial charge >= 0.3 is 0 Å². The second-order valence-electron chi connectivity index (χ2n) is 4.67. The van der Waals surface area contributed by atoms with E-state index in [1.54, 1.807) is 12.5 Å². The number of rotatable bonds is 4. The number of nitrogens with one attached hydrogen (secondary N) is 2. The molecule has 3 rings (SSSR count). The van der Waals surface area contributed by atoms with Crippen molar-refractivity contribution >= 4 is 5.69 Å². The Morgan fingerprint density at radius 2 is 1.71 bits per heavy atom. The molecule has 0 fully saturated rings. The number of aromatic amines is 1. The Labute approximate surface area is 120 Å². The van der Waals surface area contributed by atoms with Crippen molar-refractivity contribution in [1.82, 2.24) is 9.97 Å². The van der Waals surface area contributed by atoms with Gasteiger partial charge in [0, 0.05) is 18.3 Å². The van der Waals surface area contributed by atoms with Crippen molar-refractivity contribution in [2.24, 2.45) is 0 Å². The van der Waals surface area contributed by atoms with Gasteiger partial charge in [0.05, 0.1) is 18.2 Å². The first-order chi connectivity index (χ1) is 10.2. The first-order valence-electron chi connectivity index (χ1n) is 6.48. The van der Waals surface area contributed by atoms with Crippen LogP contribution in [0, 0.1) is 11.6 Å². The molecule has 0 bridgehead atoms. The Morgan fingerprint density at radius 3 is 2.33 bits per heavy atom. The van der Waals surface area contributed by atoms with E-state index < -0.39 is 11.6 Å². The SMILES string of the molecule is Fc1cc(F)cc(CNc2ccc(-c3cnc[nH]3)cc2)c1. The van der Waals surface area contributed by atoms with Gasteiger partial charge < -0.3 is 10.3 Å². The molecule has 0 saturated carbocycles. The quantitative estimate of drug-likeness (QED) is 0.761. The summed E-state index contributed by atoms with van der Waals surface area (Å²) < 4.78 is 26.2. The second-order valence-corrected chi connectivity index (χ2v) is 4.67. The third-order valence-electron chi connectivity index (χ3n) is 3.11. The van der Waals surface area contributed by atoms with Crippen molar-refractivity contribution in [1.29, 1.82) is 0 Å². The number of nitrogens with zero attached hydrogens (tertiary/aromatic N) is 1. The summed E-state index contributed by atoms with van der Waals surface area (Å²) in [6.07, 6.45) is 3.37. The fourth-order valence-electron chi connectivity index (χ4n) is 2.10.